The van der Waals surface area contributed by atoms with E-state index in [4.69, 9.17) is 24.2 Å². The molecule has 0 radical (unpaired) electrons. The minimum Gasteiger partial charge on any atom is -0.469 e. The predicted molar refractivity (Wildman–Crippen MR) is 201 cm³/mol. The van der Waals surface area contributed by atoms with Crippen LogP contribution in [0, 0.1) is 24.2 Å². The molecule has 0 aromatic carbocycles. The van der Waals surface area contributed by atoms with E-state index < -0.39 is 23.3 Å². The van der Waals surface area contributed by atoms with Crippen molar-refractivity contribution in [2.24, 2.45) is 27.2 Å². The predicted octanol–water partition coefficient (Wildman–Crippen LogP) is 4.23. The Balaban J connectivity index is 1.70. The van der Waals surface area contributed by atoms with Crippen LogP contribution in [0.2, 0.25) is 0 Å². The first kappa shape index (κ1) is 37.2. The van der Waals surface area contributed by atoms with Gasteiger partial charge in [-0.3, -0.25) is 19.8 Å². The number of allylic oxidation sites excluding steroid dienone is 7. The number of fused-ring (bicyclic) bond motifs is 9. The topological polar surface area (TPSA) is 161 Å². The molecule has 12 nitrogen and oxygen atoms in total. The molecule has 1 aromatic rings. The highest BCUT2D eigenvalue weighted by Gasteiger charge is 2.55. The van der Waals surface area contributed by atoms with E-state index in [1.54, 1.807) is 18.2 Å². The van der Waals surface area contributed by atoms with E-state index in [0.717, 1.165) is 33.7 Å². The molecule has 0 spiro atoms. The quantitative estimate of drug-likeness (QED) is 0.147. The lowest BCUT2D eigenvalue weighted by atomic mass is 9.63. The lowest BCUT2D eigenvalue weighted by Crippen LogP contribution is -2.44. The van der Waals surface area contributed by atoms with E-state index >= 15 is 0 Å². The van der Waals surface area contributed by atoms with Crippen LogP contribution in [-0.4, -0.2) is 73.6 Å². The normalized spacial score (nSPS) is 27.5. The van der Waals surface area contributed by atoms with E-state index in [-0.39, 0.29) is 36.5 Å². The largest absolute Gasteiger partial charge is 0.469 e. The number of carbonyl (C=O) groups excluding carboxylic acids is 3. The third-order valence-electron chi connectivity index (χ3n) is 11.0. The molecular weight excluding hydrogens is 676 g/mol. The molecule has 53 heavy (non-hydrogen) atoms. The van der Waals surface area contributed by atoms with Gasteiger partial charge in [-0.25, -0.2) is 14.7 Å². The number of aromatic amines is 1. The van der Waals surface area contributed by atoms with Crippen molar-refractivity contribution in [1.82, 2.24) is 10.3 Å². The lowest BCUT2D eigenvalue weighted by Gasteiger charge is -2.37. The summed E-state index contributed by atoms with van der Waals surface area (Å²) in [7, 11) is 3.93. The minimum absolute atomic E-state index is 0.0201. The molecule has 0 saturated carbocycles. The zero-order chi connectivity index (χ0) is 38.4. The van der Waals surface area contributed by atoms with Gasteiger partial charge in [0.05, 0.1) is 61.2 Å². The Hall–Kier alpha value is -5.59. The highest BCUT2D eigenvalue weighted by Crippen LogP contribution is 2.52. The molecule has 5 heterocycles. The summed E-state index contributed by atoms with van der Waals surface area (Å²) < 4.78 is 15.4. The van der Waals surface area contributed by atoms with Gasteiger partial charge in [-0.05, 0) is 79.4 Å². The fourth-order valence-corrected chi connectivity index (χ4v) is 8.02. The third kappa shape index (κ3) is 6.21. The number of nitrogens with one attached hydrogen (secondary N) is 2. The average Bonchev–Trinajstić information content (AvgIpc) is 3.80. The minimum atomic E-state index is -1.17. The number of rotatable bonds is 9. The fraction of sp³-hybridized carbons (Fsp3) is 0.341. The molecule has 0 saturated heterocycles. The van der Waals surface area contributed by atoms with E-state index in [1.807, 2.05) is 39.0 Å². The molecule has 12 heteroatoms. The van der Waals surface area contributed by atoms with Gasteiger partial charge < -0.3 is 24.5 Å². The van der Waals surface area contributed by atoms with Gasteiger partial charge in [-0.15, -0.1) is 0 Å². The zero-order valence-electron chi connectivity index (χ0n) is 31.0. The van der Waals surface area contributed by atoms with Crippen LogP contribution in [0.3, 0.4) is 0 Å². The molecule has 0 amide bonds. The standard InChI is InChI=1S/C41H44N4O8/c1-10-24-21(3)29-16-33-27-13-11-26(39(47)51-8)38(40(48)52-9)41(27,6)35(45-33)18-30-23(5)37(20(2)19-53-49)34(44-30)17-32-25(12-14-36(46)50-7)22(4)28(43-32)15-31(24)42-29/h10-11,13,15-18,22,28,38,43-44,49H,1-2,12,14,19H2,3-9H3/b30-18-,31-15-,33-16-,34-17-/t22?,28?,38-,41+/m0/s1. The first-order valence-electron chi connectivity index (χ1n) is 17.3. The van der Waals surface area contributed by atoms with Crippen molar-refractivity contribution in [1.29, 1.82) is 0 Å². The van der Waals surface area contributed by atoms with Gasteiger partial charge in [0.2, 0.25) is 0 Å². The van der Waals surface area contributed by atoms with Gasteiger partial charge in [-0.2, -0.15) is 0 Å². The maximum atomic E-state index is 13.7. The highest BCUT2D eigenvalue weighted by molar-refractivity contribution is 6.22. The van der Waals surface area contributed by atoms with Crippen LogP contribution in [0.4, 0.5) is 0 Å². The van der Waals surface area contributed by atoms with Crippen LogP contribution < -0.4 is 16.0 Å². The van der Waals surface area contributed by atoms with Crippen LogP contribution in [0.1, 0.15) is 44.7 Å². The summed E-state index contributed by atoms with van der Waals surface area (Å²) in [5.41, 5.74) is 7.75. The molecule has 5 aliphatic rings. The van der Waals surface area contributed by atoms with Crippen molar-refractivity contribution in [3.05, 3.63) is 110 Å². The van der Waals surface area contributed by atoms with Crippen LogP contribution in [0.15, 0.2) is 98.5 Å². The van der Waals surface area contributed by atoms with E-state index in [0.29, 0.717) is 50.9 Å². The Morgan fingerprint density at radius 1 is 1.02 bits per heavy atom. The van der Waals surface area contributed by atoms with Crippen molar-refractivity contribution in [3.8, 4) is 0 Å². The van der Waals surface area contributed by atoms with E-state index in [1.165, 1.54) is 21.3 Å². The zero-order valence-corrected chi connectivity index (χ0v) is 31.0. The Kier molecular flexibility index (Phi) is 10.1. The molecule has 2 unspecified atom stereocenters. The van der Waals surface area contributed by atoms with Crippen LogP contribution in [0.5, 0.6) is 0 Å². The van der Waals surface area contributed by atoms with Crippen molar-refractivity contribution in [3.63, 3.8) is 0 Å². The molecule has 276 valence electrons. The summed E-state index contributed by atoms with van der Waals surface area (Å²) in [6.45, 7) is 16.0. The van der Waals surface area contributed by atoms with Crippen molar-refractivity contribution < 1.29 is 38.7 Å². The summed E-state index contributed by atoms with van der Waals surface area (Å²) in [6.07, 6.45) is 13.6. The lowest BCUT2D eigenvalue weighted by molar-refractivity contribution is -0.229. The summed E-state index contributed by atoms with van der Waals surface area (Å²) in [4.78, 5) is 57.5. The smallest absolute Gasteiger partial charge is 0.334 e. The number of esters is 3. The fourth-order valence-electron chi connectivity index (χ4n) is 8.02. The van der Waals surface area contributed by atoms with Crippen molar-refractivity contribution in [2.75, 3.05) is 27.9 Å². The maximum Gasteiger partial charge on any atom is 0.334 e. The first-order valence-corrected chi connectivity index (χ1v) is 17.3. The molecule has 8 bridgehead atoms. The van der Waals surface area contributed by atoms with Gasteiger partial charge in [0.1, 0.15) is 12.5 Å². The number of ether oxygens (including phenoxy) is 3. The molecule has 6 rings (SSSR count). The molecular formula is C41H44N4O8. The molecule has 1 aliphatic carbocycles. The summed E-state index contributed by atoms with van der Waals surface area (Å²) in [5.74, 6) is -2.70. The summed E-state index contributed by atoms with van der Waals surface area (Å²) >= 11 is 0. The van der Waals surface area contributed by atoms with Crippen molar-refractivity contribution >= 4 is 47.1 Å². The van der Waals surface area contributed by atoms with Crippen LogP contribution >= 0.6 is 0 Å². The second kappa shape index (κ2) is 14.4. The summed E-state index contributed by atoms with van der Waals surface area (Å²) in [6, 6.07) is -0.187. The van der Waals surface area contributed by atoms with E-state index in [2.05, 4.69) is 41.3 Å². The highest BCUT2D eigenvalue weighted by atomic mass is 17.1. The second-order valence-electron chi connectivity index (χ2n) is 13.8. The molecule has 1 aromatic heterocycles. The SMILES string of the molecule is C=CC1=C(C)C2=NC/1=C\C1NC(=C(CCC(=O)OC)C1C)/C=c1\[nH]/c(c(C)c1C(=C)COO)=C\C1=NC(=C\2)/C2=CC=C(C(=O)OC)[C@@H](C(=O)OC)[C@]21C. The Morgan fingerprint density at radius 3 is 2.43 bits per heavy atom. The number of H-pyrrole nitrogens is 1. The third-order valence-corrected chi connectivity index (χ3v) is 11.0. The number of aromatic nitrogens is 1. The van der Waals surface area contributed by atoms with Crippen molar-refractivity contribution in [2.45, 2.75) is 46.6 Å². The van der Waals surface area contributed by atoms with Crippen LogP contribution in [0.25, 0.3) is 17.7 Å². The number of methoxy groups -OCH3 is 3. The number of hydrogen-bond donors (Lipinski definition) is 3. The second-order valence-corrected chi connectivity index (χ2v) is 13.8. The van der Waals surface area contributed by atoms with E-state index in [9.17, 15) is 19.6 Å². The number of carbonyl (C=O) groups is 3. The molecule has 4 aliphatic heterocycles. The van der Waals surface area contributed by atoms with Gasteiger partial charge in [0.25, 0.3) is 0 Å². The number of hydrogen-bond acceptors (Lipinski definition) is 11. The molecule has 0 fully saturated rings. The van der Waals surface area contributed by atoms with Gasteiger partial charge >= 0.3 is 17.9 Å². The Bertz CT molecular complexity index is 2240. The van der Waals surface area contributed by atoms with Gasteiger partial charge in [-0.1, -0.05) is 38.3 Å². The number of aliphatic imine (C=N–C) groups is 2. The summed E-state index contributed by atoms with van der Waals surface area (Å²) in [5, 5.41) is 14.4. The average molecular weight is 721 g/mol. The van der Waals surface area contributed by atoms with Gasteiger partial charge in [0.15, 0.2) is 0 Å². The number of nitrogens with zero attached hydrogens (tertiary/aromatic N) is 2. The van der Waals surface area contributed by atoms with Gasteiger partial charge in [0, 0.05) is 39.9 Å². The molecule has 4 atom stereocenters. The first-order chi connectivity index (χ1) is 25.3. The monoisotopic (exact) mass is 720 g/mol. The Labute approximate surface area is 307 Å². The Morgan fingerprint density at radius 2 is 1.77 bits per heavy atom. The van der Waals surface area contributed by atoms with Crippen LogP contribution in [-0.2, 0) is 33.5 Å². The molecule has 3 N–H and O–H groups in total. The maximum absolute atomic E-state index is 13.7.